The van der Waals surface area contributed by atoms with Gasteiger partial charge in [-0.3, -0.25) is 4.98 Å². The van der Waals surface area contributed by atoms with Crippen molar-refractivity contribution in [3.8, 4) is 0 Å². The summed E-state index contributed by atoms with van der Waals surface area (Å²) in [5.41, 5.74) is 2.10. The van der Waals surface area contributed by atoms with E-state index in [9.17, 15) is 0 Å². The van der Waals surface area contributed by atoms with E-state index in [0.29, 0.717) is 6.04 Å². The van der Waals surface area contributed by atoms with Crippen LogP contribution in [-0.2, 0) is 0 Å². The summed E-state index contributed by atoms with van der Waals surface area (Å²) >= 11 is 0. The zero-order chi connectivity index (χ0) is 8.39. The maximum atomic E-state index is 4.43. The first-order chi connectivity index (χ1) is 5.90. The Morgan fingerprint density at radius 2 is 2.42 bits per heavy atom. The summed E-state index contributed by atoms with van der Waals surface area (Å²) in [5, 5.41) is 3.32. The molecule has 0 unspecified atom stereocenters. The number of nitrogens with one attached hydrogen (secondary N) is 1. The topological polar surface area (TPSA) is 24.9 Å². The first-order valence-corrected chi connectivity index (χ1v) is 4.23. The Labute approximate surface area is 72.3 Å². The third-order valence-electron chi connectivity index (χ3n) is 2.18. The van der Waals surface area contributed by atoms with Gasteiger partial charge in [0.15, 0.2) is 0 Å². The van der Waals surface area contributed by atoms with Gasteiger partial charge in [0.2, 0.25) is 0 Å². The molecule has 0 aliphatic carbocycles. The molecule has 1 atom stereocenters. The molecule has 0 aromatic carbocycles. The minimum Gasteiger partial charge on any atom is -0.309 e. The van der Waals surface area contributed by atoms with Gasteiger partial charge in [0, 0.05) is 0 Å². The third-order valence-corrected chi connectivity index (χ3v) is 2.18. The minimum absolute atomic E-state index is 0.477. The van der Waals surface area contributed by atoms with Crippen molar-refractivity contribution < 1.29 is 0 Å². The maximum Gasteiger partial charge on any atom is 0.0627 e. The molecule has 1 aromatic heterocycles. The Balaban J connectivity index is 2.25. The van der Waals surface area contributed by atoms with E-state index in [0.717, 1.165) is 17.9 Å². The van der Waals surface area contributed by atoms with Crippen LogP contribution in [0.3, 0.4) is 0 Å². The molecule has 2 rings (SSSR count). The largest absolute Gasteiger partial charge is 0.309 e. The van der Waals surface area contributed by atoms with Crippen molar-refractivity contribution in [2.45, 2.75) is 12.5 Å². The van der Waals surface area contributed by atoms with Gasteiger partial charge in [-0.1, -0.05) is 12.6 Å². The van der Waals surface area contributed by atoms with Crippen molar-refractivity contribution in [2.24, 2.45) is 0 Å². The summed E-state index contributed by atoms with van der Waals surface area (Å²) in [6.45, 7) is 4.81. The second-order valence-electron chi connectivity index (χ2n) is 2.99. The molecule has 0 radical (unpaired) electrons. The molecule has 12 heavy (non-hydrogen) atoms. The molecule has 0 amide bonds. The number of aromatic nitrogens is 1. The molecular formula is C10H12N2. The molecule has 2 nitrogen and oxygen atoms in total. The summed E-state index contributed by atoms with van der Waals surface area (Å²) in [5.74, 6) is 0. The average Bonchev–Trinajstić information content (AvgIpc) is 2.02. The molecule has 1 aliphatic heterocycles. The Morgan fingerprint density at radius 1 is 1.58 bits per heavy atom. The molecule has 2 heterocycles. The van der Waals surface area contributed by atoms with Gasteiger partial charge in [-0.2, -0.15) is 0 Å². The fourth-order valence-corrected chi connectivity index (χ4v) is 1.32. The van der Waals surface area contributed by atoms with Crippen molar-refractivity contribution in [3.05, 3.63) is 36.2 Å². The van der Waals surface area contributed by atoms with Gasteiger partial charge in [-0.25, -0.2) is 0 Å². The van der Waals surface area contributed by atoms with E-state index in [-0.39, 0.29) is 0 Å². The van der Waals surface area contributed by atoms with Gasteiger partial charge < -0.3 is 5.32 Å². The van der Waals surface area contributed by atoms with Crippen LogP contribution in [0.25, 0.3) is 6.08 Å². The van der Waals surface area contributed by atoms with Crippen LogP contribution in [-0.4, -0.2) is 11.5 Å². The minimum atomic E-state index is 0.477. The molecule has 0 bridgehead atoms. The quantitative estimate of drug-likeness (QED) is 0.713. The van der Waals surface area contributed by atoms with Crippen LogP contribution in [0.4, 0.5) is 0 Å². The zero-order valence-corrected chi connectivity index (χ0v) is 6.96. The van der Waals surface area contributed by atoms with E-state index in [1.54, 1.807) is 6.08 Å². The molecule has 2 heteroatoms. The van der Waals surface area contributed by atoms with E-state index in [1.807, 2.05) is 12.1 Å². The Bertz CT molecular complexity index is 290. The maximum absolute atomic E-state index is 4.43. The van der Waals surface area contributed by atoms with Gasteiger partial charge in [0.1, 0.15) is 0 Å². The van der Waals surface area contributed by atoms with E-state index in [1.165, 1.54) is 6.42 Å². The number of hydrogen-bond donors (Lipinski definition) is 1. The lowest BCUT2D eigenvalue weighted by Gasteiger charge is -2.27. The normalized spacial score (nSPS) is 21.5. The summed E-state index contributed by atoms with van der Waals surface area (Å²) < 4.78 is 0. The molecule has 62 valence electrons. The molecule has 0 saturated carbocycles. The van der Waals surface area contributed by atoms with E-state index in [4.69, 9.17) is 0 Å². The summed E-state index contributed by atoms with van der Waals surface area (Å²) in [4.78, 5) is 4.43. The molecule has 1 saturated heterocycles. The van der Waals surface area contributed by atoms with Crippen LogP contribution in [0.2, 0.25) is 0 Å². The molecule has 0 spiro atoms. The second-order valence-corrected chi connectivity index (χ2v) is 2.99. The lowest BCUT2D eigenvalue weighted by Crippen LogP contribution is -2.35. The van der Waals surface area contributed by atoms with Crippen molar-refractivity contribution in [3.63, 3.8) is 0 Å². The Kier molecular flexibility index (Phi) is 1.92. The van der Waals surface area contributed by atoms with Crippen LogP contribution in [0.15, 0.2) is 24.8 Å². The fourth-order valence-electron chi connectivity index (χ4n) is 1.32. The Morgan fingerprint density at radius 3 is 3.00 bits per heavy atom. The van der Waals surface area contributed by atoms with Gasteiger partial charge in [-0.05, 0) is 31.2 Å². The SMILES string of the molecule is C=Cc1cccc([C@H]2CCN2)n1. The number of rotatable bonds is 2. The van der Waals surface area contributed by atoms with E-state index >= 15 is 0 Å². The fraction of sp³-hybridized carbons (Fsp3) is 0.300. The van der Waals surface area contributed by atoms with Crippen molar-refractivity contribution in [1.82, 2.24) is 10.3 Å². The van der Waals surface area contributed by atoms with Crippen LogP contribution in [0, 0.1) is 0 Å². The highest BCUT2D eigenvalue weighted by atomic mass is 15.0. The predicted octanol–water partition coefficient (Wildman–Crippen LogP) is 1.76. The second kappa shape index (κ2) is 3.07. The van der Waals surface area contributed by atoms with Gasteiger partial charge in [0.05, 0.1) is 17.4 Å². The number of nitrogens with zero attached hydrogens (tertiary/aromatic N) is 1. The molecule has 1 N–H and O–H groups in total. The monoisotopic (exact) mass is 160 g/mol. The first-order valence-electron chi connectivity index (χ1n) is 4.23. The molecule has 1 aliphatic rings. The summed E-state index contributed by atoms with van der Waals surface area (Å²) in [6, 6.07) is 6.53. The van der Waals surface area contributed by atoms with E-state index < -0.39 is 0 Å². The van der Waals surface area contributed by atoms with Crippen LogP contribution >= 0.6 is 0 Å². The number of pyridine rings is 1. The molecule has 1 fully saturated rings. The highest BCUT2D eigenvalue weighted by Crippen LogP contribution is 2.20. The highest BCUT2D eigenvalue weighted by molar-refractivity contribution is 5.41. The zero-order valence-electron chi connectivity index (χ0n) is 6.96. The van der Waals surface area contributed by atoms with Crippen molar-refractivity contribution in [2.75, 3.05) is 6.54 Å². The summed E-state index contributed by atoms with van der Waals surface area (Å²) in [7, 11) is 0. The van der Waals surface area contributed by atoms with Gasteiger partial charge in [-0.15, -0.1) is 0 Å². The van der Waals surface area contributed by atoms with Crippen LogP contribution in [0.1, 0.15) is 23.9 Å². The lowest BCUT2D eigenvalue weighted by molar-refractivity contribution is 0.375. The highest BCUT2D eigenvalue weighted by Gasteiger charge is 2.19. The van der Waals surface area contributed by atoms with Gasteiger partial charge >= 0.3 is 0 Å². The van der Waals surface area contributed by atoms with Crippen LogP contribution in [0.5, 0.6) is 0 Å². The molecule has 1 aromatic rings. The molecular weight excluding hydrogens is 148 g/mol. The predicted molar refractivity (Wildman–Crippen MR) is 49.7 cm³/mol. The van der Waals surface area contributed by atoms with Crippen molar-refractivity contribution >= 4 is 6.08 Å². The lowest BCUT2D eigenvalue weighted by atomic mass is 10.0. The number of hydrogen-bond acceptors (Lipinski definition) is 2. The van der Waals surface area contributed by atoms with Crippen molar-refractivity contribution in [1.29, 1.82) is 0 Å². The first kappa shape index (κ1) is 7.50. The standard InChI is InChI=1S/C10H12N2/c1-2-8-4-3-5-10(12-8)9-6-7-11-9/h2-5,9,11H,1,6-7H2/t9-/m1/s1. The smallest absolute Gasteiger partial charge is 0.0627 e. The third kappa shape index (κ3) is 1.25. The Hall–Kier alpha value is -1.15. The summed E-state index contributed by atoms with van der Waals surface area (Å²) in [6.07, 6.45) is 2.98. The van der Waals surface area contributed by atoms with Crippen LogP contribution < -0.4 is 5.32 Å². The average molecular weight is 160 g/mol. The van der Waals surface area contributed by atoms with E-state index in [2.05, 4.69) is 22.9 Å². The van der Waals surface area contributed by atoms with Gasteiger partial charge in [0.25, 0.3) is 0 Å².